The molecule has 4 rings (SSSR count). The lowest BCUT2D eigenvalue weighted by atomic mass is 9.71. The third-order valence-electron chi connectivity index (χ3n) is 6.95. The van der Waals surface area contributed by atoms with Crippen LogP contribution in [0.5, 0.6) is 0 Å². The lowest BCUT2D eigenvalue weighted by Crippen LogP contribution is -2.69. The van der Waals surface area contributed by atoms with Crippen LogP contribution >= 0.6 is 0 Å². The highest BCUT2D eigenvalue weighted by atomic mass is 19.1. The number of nitrogens with zero attached hydrogens (tertiary/aromatic N) is 3. The first kappa shape index (κ1) is 16.3. The van der Waals surface area contributed by atoms with Gasteiger partial charge in [-0.15, -0.1) is 0 Å². The predicted octanol–water partition coefficient (Wildman–Crippen LogP) is 2.62. The van der Waals surface area contributed by atoms with Crippen molar-refractivity contribution >= 4 is 0 Å². The van der Waals surface area contributed by atoms with Gasteiger partial charge in [-0.3, -0.25) is 9.80 Å². The van der Waals surface area contributed by atoms with Crippen LogP contribution in [0.1, 0.15) is 46.5 Å². The molecule has 23 heavy (non-hydrogen) atoms. The van der Waals surface area contributed by atoms with Crippen LogP contribution in [-0.2, 0) is 0 Å². The standard InChI is InChI=1S/C19H34FN3/c1-16(2)23-14-19(20,15-23)13-22-11-18(12-22)6-8-21(9-7-18)10-17(3)4-5-17/h16H,4-15H2,1-3H3. The van der Waals surface area contributed by atoms with Crippen molar-refractivity contribution in [2.75, 3.05) is 52.4 Å². The molecule has 1 saturated carbocycles. The Hall–Kier alpha value is -0.190. The Bertz CT molecular complexity index is 438. The van der Waals surface area contributed by atoms with Crippen LogP contribution in [0.2, 0.25) is 0 Å². The SMILES string of the molecule is CC(C)N1CC(F)(CN2CC3(CCN(CC4(C)CC4)CC3)C2)C1. The molecule has 0 N–H and O–H groups in total. The minimum atomic E-state index is -0.937. The molecule has 0 aromatic heterocycles. The van der Waals surface area contributed by atoms with Gasteiger partial charge in [-0.25, -0.2) is 4.39 Å². The van der Waals surface area contributed by atoms with Crippen molar-refractivity contribution in [3.05, 3.63) is 0 Å². The van der Waals surface area contributed by atoms with Crippen LogP contribution in [0.15, 0.2) is 0 Å². The maximum atomic E-state index is 14.7. The van der Waals surface area contributed by atoms with Gasteiger partial charge < -0.3 is 4.90 Å². The van der Waals surface area contributed by atoms with E-state index in [4.69, 9.17) is 0 Å². The number of hydrogen-bond acceptors (Lipinski definition) is 3. The van der Waals surface area contributed by atoms with Crippen molar-refractivity contribution in [3.8, 4) is 0 Å². The zero-order valence-corrected chi connectivity index (χ0v) is 15.3. The van der Waals surface area contributed by atoms with Crippen LogP contribution in [0.3, 0.4) is 0 Å². The summed E-state index contributed by atoms with van der Waals surface area (Å²) in [6.07, 6.45) is 5.51. The molecule has 0 bridgehead atoms. The molecule has 0 unspecified atom stereocenters. The molecule has 3 heterocycles. The molecule has 0 aromatic carbocycles. The Kier molecular flexibility index (Phi) is 3.83. The summed E-state index contributed by atoms with van der Waals surface area (Å²) in [5, 5.41) is 0. The third kappa shape index (κ3) is 3.32. The van der Waals surface area contributed by atoms with E-state index in [0.717, 1.165) is 13.1 Å². The molecule has 4 heteroatoms. The summed E-state index contributed by atoms with van der Waals surface area (Å²) in [7, 11) is 0. The predicted molar refractivity (Wildman–Crippen MR) is 92.4 cm³/mol. The monoisotopic (exact) mass is 323 g/mol. The van der Waals surface area contributed by atoms with Crippen molar-refractivity contribution < 1.29 is 4.39 Å². The van der Waals surface area contributed by atoms with Crippen LogP contribution in [0.4, 0.5) is 4.39 Å². The van der Waals surface area contributed by atoms with Gasteiger partial charge >= 0.3 is 0 Å². The normalized spacial score (nSPS) is 32.7. The first-order valence-corrected chi connectivity index (χ1v) is 9.67. The summed E-state index contributed by atoms with van der Waals surface area (Å²) in [5.74, 6) is 0. The van der Waals surface area contributed by atoms with E-state index in [9.17, 15) is 4.39 Å². The van der Waals surface area contributed by atoms with Crippen molar-refractivity contribution in [1.82, 2.24) is 14.7 Å². The van der Waals surface area contributed by atoms with Crippen LogP contribution < -0.4 is 0 Å². The van der Waals surface area contributed by atoms with Crippen molar-refractivity contribution in [3.63, 3.8) is 0 Å². The average Bonchev–Trinajstić information content (AvgIpc) is 3.13. The Labute approximate surface area is 141 Å². The number of rotatable bonds is 5. The van der Waals surface area contributed by atoms with Gasteiger partial charge in [0.1, 0.15) is 5.67 Å². The molecule has 0 amide bonds. The molecule has 4 aliphatic rings. The van der Waals surface area contributed by atoms with Crippen molar-refractivity contribution in [2.45, 2.75) is 58.2 Å². The van der Waals surface area contributed by atoms with Gasteiger partial charge in [-0.1, -0.05) is 6.92 Å². The van der Waals surface area contributed by atoms with Gasteiger partial charge in [0.25, 0.3) is 0 Å². The Morgan fingerprint density at radius 1 is 0.870 bits per heavy atom. The van der Waals surface area contributed by atoms with Gasteiger partial charge in [0.2, 0.25) is 0 Å². The smallest absolute Gasteiger partial charge is 0.148 e. The number of hydrogen-bond donors (Lipinski definition) is 0. The van der Waals surface area contributed by atoms with Crippen LogP contribution in [-0.4, -0.2) is 78.8 Å². The fourth-order valence-electron chi connectivity index (χ4n) is 4.97. The third-order valence-corrected chi connectivity index (χ3v) is 6.95. The van der Waals surface area contributed by atoms with E-state index in [1.165, 1.54) is 45.3 Å². The van der Waals surface area contributed by atoms with Gasteiger partial charge in [0.15, 0.2) is 0 Å². The maximum absolute atomic E-state index is 14.7. The fourth-order valence-corrected chi connectivity index (χ4v) is 4.97. The molecule has 1 aliphatic carbocycles. The van der Waals surface area contributed by atoms with E-state index in [0.29, 0.717) is 36.5 Å². The number of halogens is 1. The van der Waals surface area contributed by atoms with E-state index < -0.39 is 5.67 Å². The second-order valence-corrected chi connectivity index (χ2v) is 9.88. The summed E-state index contributed by atoms with van der Waals surface area (Å²) < 4.78 is 14.7. The molecule has 132 valence electrons. The van der Waals surface area contributed by atoms with Gasteiger partial charge in [0, 0.05) is 45.3 Å². The minimum Gasteiger partial charge on any atom is -0.303 e. The van der Waals surface area contributed by atoms with Crippen molar-refractivity contribution in [2.24, 2.45) is 10.8 Å². The molecule has 1 spiro atoms. The van der Waals surface area contributed by atoms with Gasteiger partial charge in [-0.2, -0.15) is 0 Å². The topological polar surface area (TPSA) is 9.72 Å². The highest BCUT2D eigenvalue weighted by Gasteiger charge is 2.51. The second-order valence-electron chi connectivity index (χ2n) is 9.88. The van der Waals surface area contributed by atoms with Crippen LogP contribution in [0.25, 0.3) is 0 Å². The number of likely N-dealkylation sites (tertiary alicyclic amines) is 3. The number of alkyl halides is 1. The zero-order chi connectivity index (χ0) is 16.3. The van der Waals surface area contributed by atoms with E-state index in [-0.39, 0.29) is 0 Å². The Balaban J connectivity index is 1.19. The maximum Gasteiger partial charge on any atom is 0.148 e. The lowest BCUT2D eigenvalue weighted by molar-refractivity contribution is -0.116. The van der Waals surface area contributed by atoms with Gasteiger partial charge in [0.05, 0.1) is 0 Å². The molecule has 0 atom stereocenters. The highest BCUT2D eigenvalue weighted by Crippen LogP contribution is 2.47. The highest BCUT2D eigenvalue weighted by molar-refractivity contribution is 5.05. The molecular weight excluding hydrogens is 289 g/mol. The minimum absolute atomic E-state index is 0.485. The fraction of sp³-hybridized carbons (Fsp3) is 1.00. The number of piperidine rings is 1. The summed E-state index contributed by atoms with van der Waals surface area (Å²) >= 11 is 0. The lowest BCUT2D eigenvalue weighted by Gasteiger charge is -2.57. The molecule has 4 fully saturated rings. The average molecular weight is 324 g/mol. The molecule has 0 radical (unpaired) electrons. The van der Waals surface area contributed by atoms with Gasteiger partial charge in [-0.05, 0) is 63.5 Å². The van der Waals surface area contributed by atoms with E-state index >= 15 is 0 Å². The van der Waals surface area contributed by atoms with E-state index in [1.807, 2.05) is 0 Å². The molecule has 3 nitrogen and oxygen atoms in total. The first-order chi connectivity index (χ1) is 10.8. The Morgan fingerprint density at radius 3 is 2.00 bits per heavy atom. The summed E-state index contributed by atoms with van der Waals surface area (Å²) in [6, 6.07) is 0.485. The summed E-state index contributed by atoms with van der Waals surface area (Å²) in [5.41, 5.74) is 0.231. The Morgan fingerprint density at radius 2 is 1.48 bits per heavy atom. The zero-order valence-electron chi connectivity index (χ0n) is 15.3. The summed E-state index contributed by atoms with van der Waals surface area (Å²) in [6.45, 7) is 14.8. The summed E-state index contributed by atoms with van der Waals surface area (Å²) in [4.78, 5) is 7.31. The van der Waals surface area contributed by atoms with E-state index in [2.05, 4.69) is 35.5 Å². The quantitative estimate of drug-likeness (QED) is 0.770. The van der Waals surface area contributed by atoms with E-state index in [1.54, 1.807) is 0 Å². The molecular formula is C19H34FN3. The van der Waals surface area contributed by atoms with Crippen LogP contribution in [0, 0.1) is 10.8 Å². The molecule has 0 aromatic rings. The first-order valence-electron chi connectivity index (χ1n) is 9.67. The van der Waals surface area contributed by atoms with Crippen molar-refractivity contribution in [1.29, 1.82) is 0 Å². The second kappa shape index (κ2) is 5.40. The largest absolute Gasteiger partial charge is 0.303 e. The molecule has 3 saturated heterocycles. The molecule has 3 aliphatic heterocycles.